The van der Waals surface area contributed by atoms with E-state index in [1.165, 1.54) is 6.21 Å². The van der Waals surface area contributed by atoms with Crippen LogP contribution in [-0.2, 0) is 13.3 Å². The molecule has 1 N–H and O–H groups in total. The molecule has 0 rings (SSSR count). The van der Waals surface area contributed by atoms with E-state index in [4.69, 9.17) is 18.5 Å². The highest BCUT2D eigenvalue weighted by Gasteiger charge is 2.39. The van der Waals surface area contributed by atoms with Crippen LogP contribution in [0.25, 0.3) is 0 Å². The maximum Gasteiger partial charge on any atom is 0.500 e. The van der Waals surface area contributed by atoms with Gasteiger partial charge >= 0.3 is 8.80 Å². The molecular formula is C10H23NO4Si. The summed E-state index contributed by atoms with van der Waals surface area (Å²) in [5.41, 5.74) is 0. The van der Waals surface area contributed by atoms with Crippen LogP contribution in [0, 0.1) is 0 Å². The molecule has 0 atom stereocenters. The number of unbranched alkanes of at least 4 members (excludes halogenated alkanes) is 1. The Morgan fingerprint density at radius 2 is 1.56 bits per heavy atom. The van der Waals surface area contributed by atoms with Gasteiger partial charge < -0.3 is 18.5 Å². The molecule has 0 fully saturated rings. The average molecular weight is 249 g/mol. The lowest BCUT2D eigenvalue weighted by Crippen LogP contribution is -2.45. The van der Waals surface area contributed by atoms with Gasteiger partial charge in [-0.3, -0.25) is 0 Å². The van der Waals surface area contributed by atoms with Crippen LogP contribution in [0.15, 0.2) is 5.16 Å². The van der Waals surface area contributed by atoms with Crippen molar-refractivity contribution in [2.24, 2.45) is 5.16 Å². The predicted octanol–water partition coefficient (Wildman–Crippen LogP) is 2.28. The van der Waals surface area contributed by atoms with Gasteiger partial charge in [0.15, 0.2) is 0 Å². The van der Waals surface area contributed by atoms with Crippen LogP contribution < -0.4 is 0 Å². The Kier molecular flexibility index (Phi) is 9.50. The maximum absolute atomic E-state index is 8.29. The topological polar surface area (TPSA) is 60.3 Å². The lowest BCUT2D eigenvalue weighted by Gasteiger charge is -2.28. The first-order valence-electron chi connectivity index (χ1n) is 5.82. The Labute approximate surface area is 98.8 Å². The molecule has 0 aromatic carbocycles. The van der Waals surface area contributed by atoms with Crippen molar-refractivity contribution in [3.05, 3.63) is 0 Å². The first-order valence-corrected chi connectivity index (χ1v) is 7.75. The summed E-state index contributed by atoms with van der Waals surface area (Å²) in [6, 6.07) is 0.758. The van der Waals surface area contributed by atoms with Gasteiger partial charge in [0, 0.05) is 32.1 Å². The summed E-state index contributed by atoms with van der Waals surface area (Å²) in [7, 11) is -2.49. The van der Waals surface area contributed by atoms with E-state index in [0.717, 1.165) is 12.5 Å². The smallest absolute Gasteiger partial charge is 0.411 e. The summed E-state index contributed by atoms with van der Waals surface area (Å²) in [5.74, 6) is 0. The Bertz CT molecular complexity index is 173. The van der Waals surface area contributed by atoms with Gasteiger partial charge in [-0.05, 0) is 33.6 Å². The molecule has 0 heterocycles. The minimum atomic E-state index is -2.49. The molecule has 0 amide bonds. The highest BCUT2D eigenvalue weighted by molar-refractivity contribution is 6.60. The normalized spacial score (nSPS) is 12.4. The first-order chi connectivity index (χ1) is 7.74. The van der Waals surface area contributed by atoms with Crippen molar-refractivity contribution in [3.8, 4) is 0 Å². The SMILES string of the molecule is CCO[Si](CCC/C=N/O)(OCC)OCC. The van der Waals surface area contributed by atoms with Gasteiger partial charge in [0.25, 0.3) is 0 Å². The molecule has 0 saturated heterocycles. The first kappa shape index (κ1) is 15.6. The summed E-state index contributed by atoms with van der Waals surface area (Å²) in [4.78, 5) is 0. The molecule has 0 unspecified atom stereocenters. The van der Waals surface area contributed by atoms with Crippen LogP contribution in [-0.4, -0.2) is 40.0 Å². The fourth-order valence-electron chi connectivity index (χ4n) is 1.47. The third kappa shape index (κ3) is 6.22. The lowest BCUT2D eigenvalue weighted by atomic mass is 10.4. The number of oxime groups is 1. The highest BCUT2D eigenvalue weighted by Crippen LogP contribution is 2.18. The molecule has 0 radical (unpaired) electrons. The van der Waals surface area contributed by atoms with Crippen LogP contribution in [0.4, 0.5) is 0 Å². The zero-order valence-corrected chi connectivity index (χ0v) is 11.4. The van der Waals surface area contributed by atoms with E-state index >= 15 is 0 Å². The Balaban J connectivity index is 4.22. The van der Waals surface area contributed by atoms with Crippen LogP contribution >= 0.6 is 0 Å². The van der Waals surface area contributed by atoms with E-state index in [2.05, 4.69) is 5.16 Å². The molecule has 16 heavy (non-hydrogen) atoms. The number of nitrogens with zero attached hydrogens (tertiary/aromatic N) is 1. The third-order valence-corrected chi connectivity index (χ3v) is 5.14. The molecule has 5 nitrogen and oxygen atoms in total. The quantitative estimate of drug-likeness (QED) is 0.212. The van der Waals surface area contributed by atoms with Crippen molar-refractivity contribution in [2.75, 3.05) is 19.8 Å². The lowest BCUT2D eigenvalue weighted by molar-refractivity contribution is 0.0710. The predicted molar refractivity (Wildman–Crippen MR) is 65.0 cm³/mol. The van der Waals surface area contributed by atoms with Gasteiger partial charge in [0.05, 0.1) is 0 Å². The van der Waals surface area contributed by atoms with E-state index in [1.54, 1.807) is 0 Å². The number of rotatable bonds is 10. The molecule has 0 aliphatic heterocycles. The van der Waals surface area contributed by atoms with Crippen molar-refractivity contribution in [3.63, 3.8) is 0 Å². The maximum atomic E-state index is 8.29. The van der Waals surface area contributed by atoms with Gasteiger partial charge in [0.1, 0.15) is 0 Å². The zero-order valence-electron chi connectivity index (χ0n) is 10.4. The second kappa shape index (κ2) is 9.77. The molecule has 6 heteroatoms. The van der Waals surface area contributed by atoms with Crippen molar-refractivity contribution in [1.82, 2.24) is 0 Å². The highest BCUT2D eigenvalue weighted by atomic mass is 28.4. The standard InChI is InChI=1S/C10H23NO4Si/c1-4-13-16(14-5-2,15-6-3)10-8-7-9-11-12/h9,12H,4-8,10H2,1-3H3/b11-9+. The van der Waals surface area contributed by atoms with Gasteiger partial charge in [-0.2, -0.15) is 0 Å². The Morgan fingerprint density at radius 1 is 1.06 bits per heavy atom. The largest absolute Gasteiger partial charge is 0.500 e. The fraction of sp³-hybridized carbons (Fsp3) is 0.900. The number of hydrogen-bond donors (Lipinski definition) is 1. The second-order valence-corrected chi connectivity index (χ2v) is 5.90. The van der Waals surface area contributed by atoms with Crippen molar-refractivity contribution >= 4 is 15.0 Å². The van der Waals surface area contributed by atoms with Gasteiger partial charge in [-0.1, -0.05) is 0 Å². The summed E-state index contributed by atoms with van der Waals surface area (Å²) in [5, 5.41) is 11.3. The summed E-state index contributed by atoms with van der Waals surface area (Å²) >= 11 is 0. The van der Waals surface area contributed by atoms with Crippen molar-refractivity contribution < 1.29 is 18.5 Å². The molecule has 0 spiro atoms. The molecule has 0 saturated carbocycles. The summed E-state index contributed by atoms with van der Waals surface area (Å²) < 4.78 is 17.0. The molecule has 0 aromatic heterocycles. The summed E-state index contributed by atoms with van der Waals surface area (Å²) in [6.45, 7) is 7.61. The van der Waals surface area contributed by atoms with Crippen molar-refractivity contribution in [1.29, 1.82) is 0 Å². The fourth-order valence-corrected chi connectivity index (χ4v) is 4.11. The van der Waals surface area contributed by atoms with Crippen molar-refractivity contribution in [2.45, 2.75) is 39.7 Å². The molecule has 0 aliphatic carbocycles. The Hall–Kier alpha value is -0.433. The van der Waals surface area contributed by atoms with Gasteiger partial charge in [0.2, 0.25) is 0 Å². The van der Waals surface area contributed by atoms with E-state index in [9.17, 15) is 0 Å². The van der Waals surface area contributed by atoms with E-state index < -0.39 is 8.80 Å². The molecule has 0 bridgehead atoms. The van der Waals surface area contributed by atoms with Crippen LogP contribution in [0.5, 0.6) is 0 Å². The van der Waals surface area contributed by atoms with E-state index in [0.29, 0.717) is 26.2 Å². The minimum absolute atomic E-state index is 0.598. The zero-order chi connectivity index (χ0) is 12.3. The monoisotopic (exact) mass is 249 g/mol. The van der Waals surface area contributed by atoms with Crippen LogP contribution in [0.3, 0.4) is 0 Å². The minimum Gasteiger partial charge on any atom is -0.411 e. The van der Waals surface area contributed by atoms with Crippen LogP contribution in [0.1, 0.15) is 33.6 Å². The molecular weight excluding hydrogens is 226 g/mol. The molecule has 0 aliphatic rings. The third-order valence-electron chi connectivity index (χ3n) is 1.99. The summed E-state index contributed by atoms with van der Waals surface area (Å²) in [6.07, 6.45) is 3.03. The van der Waals surface area contributed by atoms with Gasteiger partial charge in [-0.25, -0.2) is 0 Å². The molecule has 96 valence electrons. The van der Waals surface area contributed by atoms with Gasteiger partial charge in [-0.15, -0.1) is 5.16 Å². The Morgan fingerprint density at radius 3 is 1.94 bits per heavy atom. The average Bonchev–Trinajstić information content (AvgIpc) is 2.26. The van der Waals surface area contributed by atoms with E-state index in [-0.39, 0.29) is 0 Å². The number of hydrogen-bond acceptors (Lipinski definition) is 5. The second-order valence-electron chi connectivity index (χ2n) is 3.17. The molecule has 0 aromatic rings. The van der Waals surface area contributed by atoms with E-state index in [1.807, 2.05) is 20.8 Å². The van der Waals surface area contributed by atoms with Crippen LogP contribution in [0.2, 0.25) is 6.04 Å².